The predicted octanol–water partition coefficient (Wildman–Crippen LogP) is 3.04. The average molecular weight is 491 g/mol. The van der Waals surface area contributed by atoms with Crippen molar-refractivity contribution in [3.63, 3.8) is 0 Å². The van der Waals surface area contributed by atoms with E-state index in [1.165, 1.54) is 4.68 Å². The number of benzene rings is 2. The first-order valence-corrected chi connectivity index (χ1v) is 11.5. The molecule has 2 aromatic heterocycles. The van der Waals surface area contributed by atoms with Gasteiger partial charge in [-0.2, -0.15) is 14.9 Å². The van der Waals surface area contributed by atoms with Crippen LogP contribution in [0.1, 0.15) is 10.5 Å². The zero-order valence-corrected chi connectivity index (χ0v) is 19.8. The highest BCUT2D eigenvalue weighted by atomic mass is 35.5. The molecular formula is C25H23ClN6O3. The Labute approximate surface area is 206 Å². The van der Waals surface area contributed by atoms with E-state index in [0.717, 1.165) is 11.4 Å². The van der Waals surface area contributed by atoms with Gasteiger partial charge in [0, 0.05) is 32.4 Å². The molecule has 0 N–H and O–H groups in total. The number of piperazine rings is 1. The Bertz CT molecular complexity index is 1390. The van der Waals surface area contributed by atoms with Crippen molar-refractivity contribution in [2.24, 2.45) is 0 Å². The van der Waals surface area contributed by atoms with E-state index in [4.69, 9.17) is 16.3 Å². The lowest BCUT2D eigenvalue weighted by Crippen LogP contribution is -2.49. The van der Waals surface area contributed by atoms with E-state index in [1.807, 2.05) is 47.4 Å². The third kappa shape index (κ3) is 4.50. The van der Waals surface area contributed by atoms with E-state index in [-0.39, 0.29) is 16.5 Å². The summed E-state index contributed by atoms with van der Waals surface area (Å²) >= 11 is 6.44. The summed E-state index contributed by atoms with van der Waals surface area (Å²) in [5.74, 6) is 0.614. The van der Waals surface area contributed by atoms with Gasteiger partial charge in [0.25, 0.3) is 11.5 Å². The number of halogens is 1. The van der Waals surface area contributed by atoms with Crippen molar-refractivity contribution in [1.29, 1.82) is 0 Å². The van der Waals surface area contributed by atoms with Crippen LogP contribution in [0, 0.1) is 0 Å². The number of carbonyl (C=O) groups is 1. The molecular weight excluding hydrogens is 468 g/mol. The van der Waals surface area contributed by atoms with Gasteiger partial charge in [0.2, 0.25) is 0 Å². The average Bonchev–Trinajstić information content (AvgIpc) is 3.41. The van der Waals surface area contributed by atoms with Crippen molar-refractivity contribution in [1.82, 2.24) is 24.5 Å². The number of nitrogens with zero attached hydrogens (tertiary/aromatic N) is 6. The molecule has 0 radical (unpaired) electrons. The summed E-state index contributed by atoms with van der Waals surface area (Å²) in [6.07, 6.45) is 3.36. The zero-order valence-electron chi connectivity index (χ0n) is 19.0. The van der Waals surface area contributed by atoms with Crippen molar-refractivity contribution >= 4 is 23.2 Å². The van der Waals surface area contributed by atoms with Crippen LogP contribution in [-0.4, -0.2) is 63.7 Å². The number of ether oxygens (including phenoxy) is 1. The zero-order chi connectivity index (χ0) is 24.4. The van der Waals surface area contributed by atoms with Crippen LogP contribution in [-0.2, 0) is 0 Å². The standard InChI is InChI=1S/C25H23ClN6O3/c1-35-20-9-7-18(8-10-20)31-12-11-21(28-31)24(33)30-15-13-29(14-16-30)22-17-27-32(25(34)23(22)26)19-5-3-2-4-6-19/h2-12,17H,13-16H2,1H3. The summed E-state index contributed by atoms with van der Waals surface area (Å²) in [4.78, 5) is 29.6. The van der Waals surface area contributed by atoms with Gasteiger partial charge >= 0.3 is 0 Å². The number of aromatic nitrogens is 4. The molecule has 1 amide bonds. The van der Waals surface area contributed by atoms with E-state index >= 15 is 0 Å². The van der Waals surface area contributed by atoms with Crippen molar-refractivity contribution in [2.75, 3.05) is 38.2 Å². The molecule has 5 rings (SSSR count). The molecule has 0 bridgehead atoms. The molecule has 35 heavy (non-hydrogen) atoms. The number of rotatable bonds is 5. The van der Waals surface area contributed by atoms with Gasteiger partial charge in [0.1, 0.15) is 10.8 Å². The topological polar surface area (TPSA) is 85.5 Å². The summed E-state index contributed by atoms with van der Waals surface area (Å²) in [5.41, 5.74) is 2.05. The molecule has 0 atom stereocenters. The van der Waals surface area contributed by atoms with Gasteiger partial charge in [-0.3, -0.25) is 9.59 Å². The molecule has 1 saturated heterocycles. The predicted molar refractivity (Wildman–Crippen MR) is 133 cm³/mol. The van der Waals surface area contributed by atoms with E-state index in [2.05, 4.69) is 10.2 Å². The first-order valence-electron chi connectivity index (χ1n) is 11.1. The maximum atomic E-state index is 13.0. The van der Waals surface area contributed by atoms with Crippen molar-refractivity contribution in [2.45, 2.75) is 0 Å². The second-order valence-corrected chi connectivity index (χ2v) is 8.40. The van der Waals surface area contributed by atoms with Crippen molar-refractivity contribution in [3.8, 4) is 17.1 Å². The number of anilines is 1. The number of hydrogen-bond acceptors (Lipinski definition) is 6. The fourth-order valence-corrected chi connectivity index (χ4v) is 4.28. The molecule has 178 valence electrons. The van der Waals surface area contributed by atoms with E-state index in [1.54, 1.807) is 47.3 Å². The summed E-state index contributed by atoms with van der Waals surface area (Å²) in [5, 5.41) is 8.87. The monoisotopic (exact) mass is 490 g/mol. The Morgan fingerprint density at radius 1 is 0.943 bits per heavy atom. The van der Waals surface area contributed by atoms with Crippen LogP contribution in [0.25, 0.3) is 11.4 Å². The molecule has 0 aliphatic carbocycles. The van der Waals surface area contributed by atoms with Crippen LogP contribution in [0.4, 0.5) is 5.69 Å². The first-order chi connectivity index (χ1) is 17.0. The second kappa shape index (κ2) is 9.63. The van der Waals surface area contributed by atoms with E-state index in [9.17, 15) is 9.59 Å². The van der Waals surface area contributed by atoms with Gasteiger partial charge in [-0.1, -0.05) is 29.8 Å². The second-order valence-electron chi connectivity index (χ2n) is 8.02. The maximum absolute atomic E-state index is 13.0. The highest BCUT2D eigenvalue weighted by Gasteiger charge is 2.26. The Kier molecular flexibility index (Phi) is 6.24. The molecule has 10 heteroatoms. The van der Waals surface area contributed by atoms with Gasteiger partial charge in [-0.05, 0) is 42.5 Å². The molecule has 0 unspecified atom stereocenters. The van der Waals surface area contributed by atoms with Gasteiger partial charge in [0.15, 0.2) is 5.69 Å². The first kappa shape index (κ1) is 22.7. The van der Waals surface area contributed by atoms with E-state index < -0.39 is 0 Å². The normalized spacial score (nSPS) is 13.7. The van der Waals surface area contributed by atoms with Gasteiger partial charge in [0.05, 0.1) is 30.4 Å². The number of hydrogen-bond donors (Lipinski definition) is 0. The SMILES string of the molecule is COc1ccc(-n2ccc(C(=O)N3CCN(c4cnn(-c5ccccc5)c(=O)c4Cl)CC3)n2)cc1. The van der Waals surface area contributed by atoms with Gasteiger partial charge < -0.3 is 14.5 Å². The Hall–Kier alpha value is -4.11. The lowest BCUT2D eigenvalue weighted by Gasteiger charge is -2.35. The number of amides is 1. The summed E-state index contributed by atoms with van der Waals surface area (Å²) in [7, 11) is 1.61. The molecule has 1 aliphatic rings. The molecule has 0 spiro atoms. The van der Waals surface area contributed by atoms with Crippen LogP contribution in [0.3, 0.4) is 0 Å². The molecule has 4 aromatic rings. The number of carbonyl (C=O) groups excluding carboxylic acids is 1. The molecule has 0 saturated carbocycles. The minimum absolute atomic E-state index is 0.113. The van der Waals surface area contributed by atoms with Crippen molar-refractivity contribution < 1.29 is 9.53 Å². The Morgan fingerprint density at radius 3 is 2.34 bits per heavy atom. The molecule has 1 fully saturated rings. The Morgan fingerprint density at radius 2 is 1.66 bits per heavy atom. The number of methoxy groups -OCH3 is 1. The summed E-state index contributed by atoms with van der Waals surface area (Å²) in [6, 6.07) is 18.3. The van der Waals surface area contributed by atoms with Crippen LogP contribution in [0.2, 0.25) is 5.02 Å². The minimum atomic E-state index is -0.377. The Balaban J connectivity index is 1.26. The highest BCUT2D eigenvalue weighted by Crippen LogP contribution is 2.23. The minimum Gasteiger partial charge on any atom is -0.497 e. The van der Waals surface area contributed by atoms with Gasteiger partial charge in [-0.25, -0.2) is 4.68 Å². The lowest BCUT2D eigenvalue weighted by molar-refractivity contribution is 0.0740. The lowest BCUT2D eigenvalue weighted by atomic mass is 10.2. The van der Waals surface area contributed by atoms with Crippen molar-refractivity contribution in [3.05, 3.63) is 94.1 Å². The van der Waals surface area contributed by atoms with Gasteiger partial charge in [-0.15, -0.1) is 0 Å². The maximum Gasteiger partial charge on any atom is 0.292 e. The number of para-hydroxylation sites is 1. The van der Waals surface area contributed by atoms with Crippen LogP contribution >= 0.6 is 11.6 Å². The third-order valence-corrected chi connectivity index (χ3v) is 6.31. The van der Waals surface area contributed by atoms with Crippen LogP contribution < -0.4 is 15.2 Å². The molecule has 3 heterocycles. The fraction of sp³-hybridized carbons (Fsp3) is 0.200. The fourth-order valence-electron chi connectivity index (χ4n) is 4.03. The molecule has 9 nitrogen and oxygen atoms in total. The summed E-state index contributed by atoms with van der Waals surface area (Å²) in [6.45, 7) is 2.01. The molecule has 2 aromatic carbocycles. The third-order valence-electron chi connectivity index (χ3n) is 5.95. The van der Waals surface area contributed by atoms with E-state index in [0.29, 0.717) is 43.2 Å². The summed E-state index contributed by atoms with van der Waals surface area (Å²) < 4.78 is 8.13. The van der Waals surface area contributed by atoms with Crippen LogP contribution in [0.15, 0.2) is 77.9 Å². The van der Waals surface area contributed by atoms with Crippen LogP contribution in [0.5, 0.6) is 5.75 Å². The molecule has 1 aliphatic heterocycles. The quantitative estimate of drug-likeness (QED) is 0.427. The largest absolute Gasteiger partial charge is 0.497 e. The highest BCUT2D eigenvalue weighted by molar-refractivity contribution is 6.33. The smallest absolute Gasteiger partial charge is 0.292 e.